The Morgan fingerprint density at radius 2 is 1.81 bits per heavy atom. The fourth-order valence-electron chi connectivity index (χ4n) is 2.27. The SMILES string of the molecule is COCCN=C(N)C1(OC)CCCCCC1. The number of nitrogens with two attached hydrogens (primary N) is 1. The van der Waals surface area contributed by atoms with Gasteiger partial charge in [-0.1, -0.05) is 25.7 Å². The molecule has 0 heterocycles. The van der Waals surface area contributed by atoms with Crippen LogP contribution in [0, 0.1) is 0 Å². The molecule has 0 saturated heterocycles. The molecule has 0 bridgehead atoms. The summed E-state index contributed by atoms with van der Waals surface area (Å²) < 4.78 is 10.6. The molecule has 94 valence electrons. The van der Waals surface area contributed by atoms with Crippen LogP contribution in [0.15, 0.2) is 4.99 Å². The lowest BCUT2D eigenvalue weighted by Crippen LogP contribution is -2.45. The highest BCUT2D eigenvalue weighted by Crippen LogP contribution is 2.30. The van der Waals surface area contributed by atoms with Gasteiger partial charge in [-0.2, -0.15) is 0 Å². The molecule has 0 aromatic rings. The second-order valence-electron chi connectivity index (χ2n) is 4.37. The van der Waals surface area contributed by atoms with Crippen LogP contribution in [0.1, 0.15) is 38.5 Å². The summed E-state index contributed by atoms with van der Waals surface area (Å²) in [5.74, 6) is 0.647. The molecule has 1 aliphatic carbocycles. The Balaban J connectivity index is 2.64. The average Bonchev–Trinajstić information content (AvgIpc) is 2.55. The maximum atomic E-state index is 6.07. The van der Waals surface area contributed by atoms with Crippen LogP contribution >= 0.6 is 0 Å². The topological polar surface area (TPSA) is 56.8 Å². The highest BCUT2D eigenvalue weighted by atomic mass is 16.5. The third-order valence-electron chi connectivity index (χ3n) is 3.35. The standard InChI is InChI=1S/C12H24N2O2/c1-15-10-9-14-11(13)12(16-2)7-5-3-4-6-8-12/h3-10H2,1-2H3,(H2,13,14). The molecule has 0 amide bonds. The second kappa shape index (κ2) is 6.86. The molecule has 0 aromatic carbocycles. The van der Waals surface area contributed by atoms with E-state index >= 15 is 0 Å². The smallest absolute Gasteiger partial charge is 0.126 e. The fourth-order valence-corrected chi connectivity index (χ4v) is 2.27. The quantitative estimate of drug-likeness (QED) is 0.337. The Bertz CT molecular complexity index is 221. The zero-order valence-corrected chi connectivity index (χ0v) is 10.5. The van der Waals surface area contributed by atoms with Gasteiger partial charge in [-0.3, -0.25) is 4.99 Å². The highest BCUT2D eigenvalue weighted by molar-refractivity contribution is 5.89. The first-order chi connectivity index (χ1) is 7.75. The Morgan fingerprint density at radius 1 is 1.19 bits per heavy atom. The van der Waals surface area contributed by atoms with Crippen molar-refractivity contribution in [2.75, 3.05) is 27.4 Å². The third-order valence-corrected chi connectivity index (χ3v) is 3.35. The average molecular weight is 228 g/mol. The van der Waals surface area contributed by atoms with E-state index < -0.39 is 0 Å². The summed E-state index contributed by atoms with van der Waals surface area (Å²) in [6.45, 7) is 1.23. The second-order valence-corrected chi connectivity index (χ2v) is 4.37. The Labute approximate surface area is 98.2 Å². The van der Waals surface area contributed by atoms with Crippen LogP contribution in [-0.4, -0.2) is 38.8 Å². The molecule has 0 aromatic heterocycles. The molecule has 0 atom stereocenters. The van der Waals surface area contributed by atoms with E-state index in [-0.39, 0.29) is 5.60 Å². The molecular weight excluding hydrogens is 204 g/mol. The number of hydrogen-bond donors (Lipinski definition) is 1. The molecule has 16 heavy (non-hydrogen) atoms. The molecule has 1 fully saturated rings. The number of rotatable bonds is 5. The molecule has 1 rings (SSSR count). The molecule has 2 N–H and O–H groups in total. The van der Waals surface area contributed by atoms with E-state index in [2.05, 4.69) is 4.99 Å². The van der Waals surface area contributed by atoms with E-state index in [1.54, 1.807) is 14.2 Å². The zero-order chi connectivity index (χ0) is 11.9. The largest absolute Gasteiger partial charge is 0.385 e. The van der Waals surface area contributed by atoms with Crippen LogP contribution < -0.4 is 5.73 Å². The van der Waals surface area contributed by atoms with Crippen molar-refractivity contribution in [3.05, 3.63) is 0 Å². The molecule has 0 aliphatic heterocycles. The van der Waals surface area contributed by atoms with Gasteiger partial charge >= 0.3 is 0 Å². The summed E-state index contributed by atoms with van der Waals surface area (Å²) in [4.78, 5) is 4.37. The van der Waals surface area contributed by atoms with Gasteiger partial charge in [-0.05, 0) is 12.8 Å². The molecule has 0 radical (unpaired) electrons. The number of methoxy groups -OCH3 is 2. The Hall–Kier alpha value is -0.610. The van der Waals surface area contributed by atoms with Crippen molar-refractivity contribution in [2.45, 2.75) is 44.1 Å². The fraction of sp³-hybridized carbons (Fsp3) is 0.917. The van der Waals surface area contributed by atoms with Gasteiger partial charge < -0.3 is 15.2 Å². The first kappa shape index (κ1) is 13.5. The van der Waals surface area contributed by atoms with Crippen molar-refractivity contribution in [3.8, 4) is 0 Å². The van der Waals surface area contributed by atoms with E-state index in [4.69, 9.17) is 15.2 Å². The van der Waals surface area contributed by atoms with E-state index in [9.17, 15) is 0 Å². The molecule has 0 unspecified atom stereocenters. The number of aliphatic imine (C=N–C) groups is 1. The summed E-state index contributed by atoms with van der Waals surface area (Å²) in [5.41, 5.74) is 5.76. The monoisotopic (exact) mass is 228 g/mol. The van der Waals surface area contributed by atoms with Crippen molar-refractivity contribution in [3.63, 3.8) is 0 Å². The maximum Gasteiger partial charge on any atom is 0.126 e. The summed E-state index contributed by atoms with van der Waals surface area (Å²) >= 11 is 0. The summed E-state index contributed by atoms with van der Waals surface area (Å²) in [7, 11) is 3.41. The lowest BCUT2D eigenvalue weighted by molar-refractivity contribution is 0.0358. The maximum absolute atomic E-state index is 6.07. The summed E-state index contributed by atoms with van der Waals surface area (Å²) in [5, 5.41) is 0. The van der Waals surface area contributed by atoms with Crippen LogP contribution in [-0.2, 0) is 9.47 Å². The predicted molar refractivity (Wildman–Crippen MR) is 65.8 cm³/mol. The molecular formula is C12H24N2O2. The van der Waals surface area contributed by atoms with Gasteiger partial charge in [0.2, 0.25) is 0 Å². The van der Waals surface area contributed by atoms with Crippen LogP contribution in [0.25, 0.3) is 0 Å². The van der Waals surface area contributed by atoms with Crippen LogP contribution in [0.3, 0.4) is 0 Å². The zero-order valence-electron chi connectivity index (χ0n) is 10.5. The molecule has 0 spiro atoms. The summed E-state index contributed by atoms with van der Waals surface area (Å²) in [6.07, 6.45) is 6.88. The highest BCUT2D eigenvalue weighted by Gasteiger charge is 2.34. The van der Waals surface area contributed by atoms with Crippen molar-refractivity contribution in [1.82, 2.24) is 0 Å². The van der Waals surface area contributed by atoms with Crippen LogP contribution in [0.5, 0.6) is 0 Å². The minimum Gasteiger partial charge on any atom is -0.385 e. The lowest BCUT2D eigenvalue weighted by Gasteiger charge is -2.30. The van der Waals surface area contributed by atoms with Gasteiger partial charge in [-0.15, -0.1) is 0 Å². The third kappa shape index (κ3) is 3.46. The van der Waals surface area contributed by atoms with Crippen molar-refractivity contribution < 1.29 is 9.47 Å². The first-order valence-corrected chi connectivity index (χ1v) is 6.09. The number of hydrogen-bond acceptors (Lipinski definition) is 3. The van der Waals surface area contributed by atoms with Gasteiger partial charge in [0.25, 0.3) is 0 Å². The minimum atomic E-state index is -0.315. The van der Waals surface area contributed by atoms with E-state index in [1.807, 2.05) is 0 Å². The van der Waals surface area contributed by atoms with Gasteiger partial charge in [0, 0.05) is 14.2 Å². The number of nitrogens with zero attached hydrogens (tertiary/aromatic N) is 1. The number of ether oxygens (including phenoxy) is 2. The molecule has 4 heteroatoms. The van der Waals surface area contributed by atoms with Crippen molar-refractivity contribution in [1.29, 1.82) is 0 Å². The first-order valence-electron chi connectivity index (χ1n) is 6.09. The van der Waals surface area contributed by atoms with Crippen LogP contribution in [0.4, 0.5) is 0 Å². The van der Waals surface area contributed by atoms with E-state index in [0.717, 1.165) is 12.8 Å². The summed E-state index contributed by atoms with van der Waals surface area (Å²) in [6, 6.07) is 0. The van der Waals surface area contributed by atoms with Gasteiger partial charge in [0.05, 0.1) is 13.2 Å². The number of amidine groups is 1. The van der Waals surface area contributed by atoms with Gasteiger partial charge in [0.15, 0.2) is 0 Å². The molecule has 1 aliphatic rings. The van der Waals surface area contributed by atoms with Crippen molar-refractivity contribution in [2.24, 2.45) is 10.7 Å². The molecule has 4 nitrogen and oxygen atoms in total. The van der Waals surface area contributed by atoms with Crippen molar-refractivity contribution >= 4 is 5.84 Å². The van der Waals surface area contributed by atoms with Crippen LogP contribution in [0.2, 0.25) is 0 Å². The van der Waals surface area contributed by atoms with E-state index in [1.165, 1.54) is 25.7 Å². The lowest BCUT2D eigenvalue weighted by atomic mass is 9.93. The normalized spacial score (nSPS) is 21.8. The van der Waals surface area contributed by atoms with Gasteiger partial charge in [-0.25, -0.2) is 0 Å². The Kier molecular flexibility index (Phi) is 5.77. The predicted octanol–water partition coefficient (Wildman–Crippen LogP) is 1.73. The minimum absolute atomic E-state index is 0.315. The Morgan fingerprint density at radius 3 is 2.31 bits per heavy atom. The van der Waals surface area contributed by atoms with Gasteiger partial charge in [0.1, 0.15) is 11.4 Å². The van der Waals surface area contributed by atoms with E-state index in [0.29, 0.717) is 19.0 Å². The molecule has 1 saturated carbocycles.